The number of thioether (sulfide) groups is 1. The molecule has 3 atom stereocenters. The zero-order valence-electron chi connectivity index (χ0n) is 11.6. The number of aliphatic hydroxyl groups is 1. The summed E-state index contributed by atoms with van der Waals surface area (Å²) < 4.78 is 0. The van der Waals surface area contributed by atoms with Gasteiger partial charge in [0, 0.05) is 43.7 Å². The van der Waals surface area contributed by atoms with Gasteiger partial charge in [0.2, 0.25) is 5.91 Å². The molecule has 1 amide bonds. The van der Waals surface area contributed by atoms with Gasteiger partial charge in [0.25, 0.3) is 0 Å². The number of carbonyl (C=O) groups is 1. The third-order valence-electron chi connectivity index (χ3n) is 4.29. The maximum Gasteiger partial charge on any atom is 0.221 e. The van der Waals surface area contributed by atoms with Gasteiger partial charge < -0.3 is 15.7 Å². The molecule has 3 unspecified atom stereocenters. The zero-order valence-corrected chi connectivity index (χ0v) is 12.4. The third kappa shape index (κ3) is 4.97. The van der Waals surface area contributed by atoms with Gasteiger partial charge in [-0.15, -0.1) is 0 Å². The summed E-state index contributed by atoms with van der Waals surface area (Å²) in [6, 6.07) is 0.332. The quantitative estimate of drug-likeness (QED) is 0.705. The lowest BCUT2D eigenvalue weighted by atomic mass is 9.79. The van der Waals surface area contributed by atoms with Crippen LogP contribution in [0.4, 0.5) is 0 Å². The lowest BCUT2D eigenvalue weighted by Gasteiger charge is -2.30. The second-order valence-electron chi connectivity index (χ2n) is 5.72. The van der Waals surface area contributed by atoms with Gasteiger partial charge in [0.15, 0.2) is 0 Å². The van der Waals surface area contributed by atoms with Gasteiger partial charge in [0.05, 0.1) is 0 Å². The number of hydrogen-bond donors (Lipinski definition) is 3. The normalized spacial score (nSPS) is 31.9. The first-order valence-corrected chi connectivity index (χ1v) is 8.63. The fraction of sp³-hybridized carbons (Fsp3) is 0.929. The smallest absolute Gasteiger partial charge is 0.221 e. The maximum atomic E-state index is 11.9. The Morgan fingerprint density at radius 2 is 2.11 bits per heavy atom. The van der Waals surface area contributed by atoms with E-state index in [1.807, 2.05) is 11.8 Å². The Hall–Kier alpha value is -0.260. The molecule has 2 fully saturated rings. The van der Waals surface area contributed by atoms with Crippen LogP contribution >= 0.6 is 11.8 Å². The van der Waals surface area contributed by atoms with Crippen LogP contribution in [0.2, 0.25) is 0 Å². The minimum atomic E-state index is 0.155. The van der Waals surface area contributed by atoms with Crippen molar-refractivity contribution in [3.05, 3.63) is 0 Å². The SMILES string of the molecule is O=C(CC1CSCCN1)NCC1CCCCC1CO. The van der Waals surface area contributed by atoms with E-state index in [0.29, 0.717) is 24.3 Å². The van der Waals surface area contributed by atoms with E-state index >= 15 is 0 Å². The molecule has 0 radical (unpaired) electrons. The van der Waals surface area contributed by atoms with E-state index in [1.165, 1.54) is 12.8 Å². The van der Waals surface area contributed by atoms with Crippen LogP contribution in [0.3, 0.4) is 0 Å². The summed E-state index contributed by atoms with van der Waals surface area (Å²) in [7, 11) is 0. The fourth-order valence-corrected chi connectivity index (χ4v) is 4.03. The Kier molecular flexibility index (Phi) is 6.47. The highest BCUT2D eigenvalue weighted by molar-refractivity contribution is 7.99. The molecule has 0 spiro atoms. The van der Waals surface area contributed by atoms with Crippen LogP contribution in [0.1, 0.15) is 32.1 Å². The minimum Gasteiger partial charge on any atom is -0.396 e. The molecule has 1 saturated carbocycles. The predicted molar refractivity (Wildman–Crippen MR) is 79.3 cm³/mol. The van der Waals surface area contributed by atoms with Crippen LogP contribution in [0.5, 0.6) is 0 Å². The first-order valence-electron chi connectivity index (χ1n) is 7.48. The molecule has 1 aliphatic carbocycles. The van der Waals surface area contributed by atoms with Gasteiger partial charge in [-0.2, -0.15) is 11.8 Å². The van der Waals surface area contributed by atoms with Crippen LogP contribution < -0.4 is 10.6 Å². The van der Waals surface area contributed by atoms with Crippen molar-refractivity contribution in [1.82, 2.24) is 10.6 Å². The Morgan fingerprint density at radius 1 is 1.32 bits per heavy atom. The molecule has 3 N–H and O–H groups in total. The van der Waals surface area contributed by atoms with E-state index in [4.69, 9.17) is 0 Å². The van der Waals surface area contributed by atoms with E-state index in [2.05, 4.69) is 10.6 Å². The summed E-state index contributed by atoms with van der Waals surface area (Å²) >= 11 is 1.92. The van der Waals surface area contributed by atoms with E-state index in [-0.39, 0.29) is 12.5 Å². The number of aliphatic hydroxyl groups excluding tert-OH is 1. The Balaban J connectivity index is 1.67. The molecule has 0 aromatic carbocycles. The van der Waals surface area contributed by atoms with Crippen molar-refractivity contribution in [2.45, 2.75) is 38.1 Å². The van der Waals surface area contributed by atoms with Crippen molar-refractivity contribution >= 4 is 17.7 Å². The average molecular weight is 286 g/mol. The van der Waals surface area contributed by atoms with Gasteiger partial charge in [-0.25, -0.2) is 0 Å². The highest BCUT2D eigenvalue weighted by Gasteiger charge is 2.25. The Bertz CT molecular complexity index is 283. The molecule has 2 rings (SSSR count). The summed E-state index contributed by atoms with van der Waals surface area (Å²) in [4.78, 5) is 11.9. The molecule has 110 valence electrons. The van der Waals surface area contributed by atoms with Gasteiger partial charge in [0.1, 0.15) is 0 Å². The van der Waals surface area contributed by atoms with E-state index < -0.39 is 0 Å². The van der Waals surface area contributed by atoms with Crippen LogP contribution in [0, 0.1) is 11.8 Å². The lowest BCUT2D eigenvalue weighted by molar-refractivity contribution is -0.121. The summed E-state index contributed by atoms with van der Waals surface area (Å²) in [6.07, 6.45) is 5.29. The highest BCUT2D eigenvalue weighted by atomic mass is 32.2. The minimum absolute atomic E-state index is 0.155. The summed E-state index contributed by atoms with van der Waals surface area (Å²) in [5, 5.41) is 15.8. The summed E-state index contributed by atoms with van der Waals surface area (Å²) in [5.41, 5.74) is 0. The van der Waals surface area contributed by atoms with Crippen LogP contribution in [0.25, 0.3) is 0 Å². The van der Waals surface area contributed by atoms with Gasteiger partial charge in [-0.05, 0) is 24.7 Å². The van der Waals surface area contributed by atoms with E-state index in [0.717, 1.165) is 37.4 Å². The van der Waals surface area contributed by atoms with Crippen molar-refractivity contribution in [3.8, 4) is 0 Å². The number of carbonyl (C=O) groups excluding carboxylic acids is 1. The lowest BCUT2D eigenvalue weighted by Crippen LogP contribution is -2.42. The maximum absolute atomic E-state index is 11.9. The number of amides is 1. The van der Waals surface area contributed by atoms with Crippen molar-refractivity contribution in [2.75, 3.05) is 31.2 Å². The topological polar surface area (TPSA) is 61.4 Å². The monoisotopic (exact) mass is 286 g/mol. The molecule has 19 heavy (non-hydrogen) atoms. The van der Waals surface area contributed by atoms with Crippen LogP contribution in [-0.2, 0) is 4.79 Å². The largest absolute Gasteiger partial charge is 0.396 e. The Morgan fingerprint density at radius 3 is 2.79 bits per heavy atom. The highest BCUT2D eigenvalue weighted by Crippen LogP contribution is 2.29. The van der Waals surface area contributed by atoms with Crippen molar-refractivity contribution in [1.29, 1.82) is 0 Å². The molecular weight excluding hydrogens is 260 g/mol. The molecule has 0 aromatic heterocycles. The first-order chi connectivity index (χ1) is 9.29. The number of hydrogen-bond acceptors (Lipinski definition) is 4. The second-order valence-corrected chi connectivity index (χ2v) is 6.87. The predicted octanol–water partition coefficient (Wildman–Crippen LogP) is 0.996. The number of rotatable bonds is 5. The molecule has 1 heterocycles. The van der Waals surface area contributed by atoms with E-state index in [1.54, 1.807) is 0 Å². The molecule has 0 bridgehead atoms. The molecule has 4 nitrogen and oxygen atoms in total. The van der Waals surface area contributed by atoms with Crippen LogP contribution in [0.15, 0.2) is 0 Å². The molecule has 5 heteroatoms. The molecular formula is C14H26N2O2S. The van der Waals surface area contributed by atoms with E-state index in [9.17, 15) is 9.90 Å². The molecule has 0 aromatic rings. The fourth-order valence-electron chi connectivity index (χ4n) is 3.09. The first kappa shape index (κ1) is 15.1. The molecule has 1 aliphatic heterocycles. The standard InChI is InChI=1S/C14H26N2O2S/c17-9-12-4-2-1-3-11(12)8-16-14(18)7-13-10-19-6-5-15-13/h11-13,15,17H,1-10H2,(H,16,18). The zero-order chi connectivity index (χ0) is 13.5. The van der Waals surface area contributed by atoms with Gasteiger partial charge in [-0.3, -0.25) is 4.79 Å². The molecule has 2 aliphatic rings. The van der Waals surface area contributed by atoms with Crippen molar-refractivity contribution in [2.24, 2.45) is 11.8 Å². The number of nitrogens with one attached hydrogen (secondary N) is 2. The van der Waals surface area contributed by atoms with Crippen molar-refractivity contribution < 1.29 is 9.90 Å². The van der Waals surface area contributed by atoms with Gasteiger partial charge in [-0.1, -0.05) is 12.8 Å². The second kappa shape index (κ2) is 8.12. The summed E-state index contributed by atoms with van der Waals surface area (Å²) in [5.74, 6) is 3.20. The summed E-state index contributed by atoms with van der Waals surface area (Å²) in [6.45, 7) is 2.02. The Labute approximate surface area is 120 Å². The van der Waals surface area contributed by atoms with Crippen LogP contribution in [-0.4, -0.2) is 48.3 Å². The third-order valence-corrected chi connectivity index (χ3v) is 5.42. The van der Waals surface area contributed by atoms with Crippen molar-refractivity contribution in [3.63, 3.8) is 0 Å². The average Bonchev–Trinajstić information content (AvgIpc) is 2.46. The van der Waals surface area contributed by atoms with Gasteiger partial charge >= 0.3 is 0 Å². The molecule has 1 saturated heterocycles.